The zero-order valence-corrected chi connectivity index (χ0v) is 14.1. The van der Waals surface area contributed by atoms with Crippen molar-refractivity contribution in [3.05, 3.63) is 84.5 Å². The molecule has 0 bridgehead atoms. The molecule has 2 aromatic heterocycles. The smallest absolute Gasteiger partial charge is 0.187 e. The van der Waals surface area contributed by atoms with Gasteiger partial charge in [0.1, 0.15) is 11.5 Å². The van der Waals surface area contributed by atoms with Gasteiger partial charge in [0.05, 0.1) is 5.69 Å². The first-order valence-electron chi connectivity index (χ1n) is 7.83. The lowest BCUT2D eigenvalue weighted by molar-refractivity contribution is 0.483. The largest absolute Gasteiger partial charge is 0.457 e. The van der Waals surface area contributed by atoms with Crippen molar-refractivity contribution in [3.63, 3.8) is 0 Å². The Morgan fingerprint density at radius 3 is 2.40 bits per heavy atom. The molecular formula is C20H15N3OS. The third-order valence-electron chi connectivity index (χ3n) is 3.55. The molecule has 0 saturated carbocycles. The van der Waals surface area contributed by atoms with Crippen molar-refractivity contribution in [1.82, 2.24) is 9.97 Å². The predicted octanol–water partition coefficient (Wildman–Crippen LogP) is 5.74. The highest BCUT2D eigenvalue weighted by Gasteiger charge is 2.05. The third-order valence-corrected chi connectivity index (χ3v) is 4.30. The van der Waals surface area contributed by atoms with E-state index in [1.165, 1.54) is 0 Å². The summed E-state index contributed by atoms with van der Waals surface area (Å²) in [6.45, 7) is 0. The summed E-state index contributed by atoms with van der Waals surface area (Å²) in [7, 11) is 0. The van der Waals surface area contributed by atoms with E-state index in [0.717, 1.165) is 33.6 Å². The van der Waals surface area contributed by atoms with Gasteiger partial charge < -0.3 is 10.1 Å². The molecule has 0 aliphatic carbocycles. The van der Waals surface area contributed by atoms with Crippen LogP contribution >= 0.6 is 11.3 Å². The van der Waals surface area contributed by atoms with Crippen molar-refractivity contribution in [3.8, 4) is 22.8 Å². The van der Waals surface area contributed by atoms with Crippen molar-refractivity contribution in [1.29, 1.82) is 0 Å². The zero-order chi connectivity index (χ0) is 16.9. The predicted molar refractivity (Wildman–Crippen MR) is 102 cm³/mol. The van der Waals surface area contributed by atoms with Gasteiger partial charge in [-0.15, -0.1) is 11.3 Å². The third kappa shape index (κ3) is 3.84. The zero-order valence-electron chi connectivity index (χ0n) is 13.3. The van der Waals surface area contributed by atoms with Gasteiger partial charge >= 0.3 is 0 Å². The van der Waals surface area contributed by atoms with Crippen LogP contribution in [0.3, 0.4) is 0 Å². The number of ether oxygens (including phenoxy) is 1. The minimum absolute atomic E-state index is 0.798. The molecule has 0 fully saturated rings. The van der Waals surface area contributed by atoms with E-state index >= 15 is 0 Å². The number of thiazole rings is 1. The fraction of sp³-hybridized carbons (Fsp3) is 0. The molecular weight excluding hydrogens is 330 g/mol. The number of hydrogen-bond donors (Lipinski definition) is 1. The molecule has 0 saturated heterocycles. The maximum atomic E-state index is 5.80. The van der Waals surface area contributed by atoms with E-state index in [-0.39, 0.29) is 0 Å². The summed E-state index contributed by atoms with van der Waals surface area (Å²) in [5, 5.41) is 6.18. The molecule has 2 heterocycles. The second-order valence-corrected chi connectivity index (χ2v) is 6.20. The van der Waals surface area contributed by atoms with Crippen LogP contribution in [0.1, 0.15) is 0 Å². The van der Waals surface area contributed by atoms with Gasteiger partial charge in [0.15, 0.2) is 5.13 Å². The Bertz CT molecular complexity index is 938. The van der Waals surface area contributed by atoms with Gasteiger partial charge in [-0.25, -0.2) is 4.98 Å². The first-order valence-corrected chi connectivity index (χ1v) is 8.71. The topological polar surface area (TPSA) is 47.0 Å². The van der Waals surface area contributed by atoms with Crippen LogP contribution in [-0.2, 0) is 0 Å². The van der Waals surface area contributed by atoms with Gasteiger partial charge in [0.25, 0.3) is 0 Å². The van der Waals surface area contributed by atoms with Crippen LogP contribution in [0.2, 0.25) is 0 Å². The quantitative estimate of drug-likeness (QED) is 0.501. The van der Waals surface area contributed by atoms with Crippen LogP contribution in [0, 0.1) is 0 Å². The maximum Gasteiger partial charge on any atom is 0.187 e. The summed E-state index contributed by atoms with van der Waals surface area (Å²) in [5.41, 5.74) is 2.90. The van der Waals surface area contributed by atoms with Crippen LogP contribution < -0.4 is 10.1 Å². The minimum atomic E-state index is 0.798. The number of pyridine rings is 1. The molecule has 0 spiro atoms. The molecule has 0 radical (unpaired) electrons. The van der Waals surface area contributed by atoms with Crippen molar-refractivity contribution >= 4 is 22.2 Å². The number of nitrogens with zero attached hydrogens (tertiary/aromatic N) is 2. The van der Waals surface area contributed by atoms with Crippen molar-refractivity contribution < 1.29 is 4.74 Å². The van der Waals surface area contributed by atoms with E-state index < -0.39 is 0 Å². The van der Waals surface area contributed by atoms with Crippen LogP contribution in [0.25, 0.3) is 11.3 Å². The van der Waals surface area contributed by atoms with Crippen LogP contribution in [0.15, 0.2) is 84.5 Å². The van der Waals surface area contributed by atoms with Gasteiger partial charge in [-0.1, -0.05) is 18.2 Å². The van der Waals surface area contributed by atoms with Crippen molar-refractivity contribution in [2.24, 2.45) is 0 Å². The minimum Gasteiger partial charge on any atom is -0.457 e. The summed E-state index contributed by atoms with van der Waals surface area (Å²) in [6.07, 6.45) is 3.57. The van der Waals surface area contributed by atoms with Crippen molar-refractivity contribution in [2.45, 2.75) is 0 Å². The molecule has 0 amide bonds. The Labute approximate surface area is 149 Å². The Hall–Kier alpha value is -3.18. The number of benzene rings is 2. The number of rotatable bonds is 5. The summed E-state index contributed by atoms with van der Waals surface area (Å²) in [6, 6.07) is 21.5. The maximum absolute atomic E-state index is 5.80. The summed E-state index contributed by atoms with van der Waals surface area (Å²) in [5.74, 6) is 1.62. The first-order chi connectivity index (χ1) is 12.4. The van der Waals surface area contributed by atoms with Gasteiger partial charge in [0.2, 0.25) is 0 Å². The van der Waals surface area contributed by atoms with Gasteiger partial charge in [0, 0.05) is 29.0 Å². The average molecular weight is 345 g/mol. The summed E-state index contributed by atoms with van der Waals surface area (Å²) in [4.78, 5) is 8.73. The molecule has 0 aliphatic heterocycles. The molecule has 0 aliphatic rings. The monoisotopic (exact) mass is 345 g/mol. The van der Waals surface area contributed by atoms with Gasteiger partial charge in [-0.3, -0.25) is 4.98 Å². The standard InChI is InChI=1S/C20H15N3OS/c1-2-6-17(7-3-1)24-18-10-8-16(9-11-18)22-20-23-19(14-25-20)15-5-4-12-21-13-15/h1-14H,(H,22,23). The SMILES string of the molecule is c1ccc(Oc2ccc(Nc3nc(-c4cccnc4)cs3)cc2)cc1. The molecule has 1 N–H and O–H groups in total. The van der Waals surface area contributed by atoms with Crippen molar-refractivity contribution in [2.75, 3.05) is 5.32 Å². The highest BCUT2D eigenvalue weighted by Crippen LogP contribution is 2.28. The Morgan fingerprint density at radius 2 is 1.64 bits per heavy atom. The summed E-state index contributed by atoms with van der Waals surface area (Å²) >= 11 is 1.56. The average Bonchev–Trinajstić information content (AvgIpc) is 3.14. The second-order valence-electron chi connectivity index (χ2n) is 5.34. The highest BCUT2D eigenvalue weighted by molar-refractivity contribution is 7.14. The number of aromatic nitrogens is 2. The van der Waals surface area contributed by atoms with E-state index in [9.17, 15) is 0 Å². The molecule has 25 heavy (non-hydrogen) atoms. The molecule has 0 atom stereocenters. The lowest BCUT2D eigenvalue weighted by atomic mass is 10.2. The van der Waals surface area contributed by atoms with Crippen LogP contribution in [-0.4, -0.2) is 9.97 Å². The highest BCUT2D eigenvalue weighted by atomic mass is 32.1. The number of para-hydroxylation sites is 1. The molecule has 4 rings (SSSR count). The summed E-state index contributed by atoms with van der Waals surface area (Å²) < 4.78 is 5.80. The fourth-order valence-corrected chi connectivity index (χ4v) is 3.07. The first kappa shape index (κ1) is 15.4. The van der Waals surface area contributed by atoms with Gasteiger partial charge in [-0.05, 0) is 48.5 Å². The molecule has 4 nitrogen and oxygen atoms in total. The number of hydrogen-bond acceptors (Lipinski definition) is 5. The van der Waals surface area contributed by atoms with E-state index in [0.29, 0.717) is 0 Å². The van der Waals surface area contributed by atoms with E-state index in [2.05, 4.69) is 15.3 Å². The normalized spacial score (nSPS) is 10.4. The number of anilines is 2. The van der Waals surface area contributed by atoms with Gasteiger partial charge in [-0.2, -0.15) is 0 Å². The Kier molecular flexibility index (Phi) is 4.39. The lowest BCUT2D eigenvalue weighted by Gasteiger charge is -2.07. The molecule has 0 unspecified atom stereocenters. The fourth-order valence-electron chi connectivity index (χ4n) is 2.33. The van der Waals surface area contributed by atoms with Crippen LogP contribution in [0.5, 0.6) is 11.5 Å². The second kappa shape index (κ2) is 7.15. The molecule has 2 aromatic carbocycles. The van der Waals surface area contributed by atoms with E-state index in [4.69, 9.17) is 4.74 Å². The lowest BCUT2D eigenvalue weighted by Crippen LogP contribution is -1.90. The Morgan fingerprint density at radius 1 is 0.840 bits per heavy atom. The van der Waals surface area contributed by atoms with Crippen LogP contribution in [0.4, 0.5) is 10.8 Å². The number of nitrogens with one attached hydrogen (secondary N) is 1. The molecule has 4 aromatic rings. The Balaban J connectivity index is 1.44. The molecule has 122 valence electrons. The van der Waals surface area contributed by atoms with E-state index in [1.807, 2.05) is 78.3 Å². The molecule has 5 heteroatoms. The van der Waals surface area contributed by atoms with E-state index in [1.54, 1.807) is 17.5 Å².